The summed E-state index contributed by atoms with van der Waals surface area (Å²) in [5, 5.41) is 0. The molecule has 2 nitrogen and oxygen atoms in total. The predicted octanol–water partition coefficient (Wildman–Crippen LogP) is 4.97. The minimum Gasteiger partial charge on any atom is -0.493 e. The summed E-state index contributed by atoms with van der Waals surface area (Å²) >= 11 is 0. The Morgan fingerprint density at radius 3 is 2.40 bits per heavy atom. The third-order valence-electron chi connectivity index (χ3n) is 3.47. The maximum absolute atomic E-state index is 13.2. The van der Waals surface area contributed by atoms with Crippen molar-refractivity contribution in [2.45, 2.75) is 64.8 Å². The molecule has 0 spiro atoms. The van der Waals surface area contributed by atoms with Gasteiger partial charge in [0.2, 0.25) is 0 Å². The zero-order valence-corrected chi connectivity index (χ0v) is 12.8. The molecular weight excluding hydrogens is 253 g/mol. The Morgan fingerprint density at radius 2 is 1.75 bits per heavy atom. The number of ether oxygens (including phenoxy) is 1. The molecule has 114 valence electrons. The van der Waals surface area contributed by atoms with E-state index < -0.39 is 0 Å². The van der Waals surface area contributed by atoms with Gasteiger partial charge in [0, 0.05) is 11.6 Å². The van der Waals surface area contributed by atoms with Crippen LogP contribution < -0.4 is 10.5 Å². The van der Waals surface area contributed by atoms with E-state index in [1.165, 1.54) is 50.7 Å². The van der Waals surface area contributed by atoms with Gasteiger partial charge < -0.3 is 10.5 Å². The Kier molecular flexibility index (Phi) is 8.28. The van der Waals surface area contributed by atoms with Crippen LogP contribution in [0.5, 0.6) is 5.75 Å². The summed E-state index contributed by atoms with van der Waals surface area (Å²) in [6, 6.07) is 4.35. The van der Waals surface area contributed by atoms with Crippen LogP contribution in [0.3, 0.4) is 0 Å². The summed E-state index contributed by atoms with van der Waals surface area (Å²) in [4.78, 5) is 0. The first kappa shape index (κ1) is 17.0. The SMILES string of the molecule is CCCCCCCCCOc1ccc(F)cc1[C@@H](C)N. The minimum atomic E-state index is -0.263. The molecule has 1 rings (SSSR count). The second kappa shape index (κ2) is 9.76. The molecule has 0 heterocycles. The van der Waals surface area contributed by atoms with E-state index >= 15 is 0 Å². The normalized spacial score (nSPS) is 12.4. The van der Waals surface area contributed by atoms with Gasteiger partial charge in [-0.2, -0.15) is 0 Å². The van der Waals surface area contributed by atoms with Crippen LogP contribution in [0.25, 0.3) is 0 Å². The first-order chi connectivity index (χ1) is 9.65. The molecule has 0 unspecified atom stereocenters. The zero-order chi connectivity index (χ0) is 14.8. The molecule has 2 N–H and O–H groups in total. The molecule has 0 amide bonds. The molecule has 0 saturated carbocycles. The van der Waals surface area contributed by atoms with E-state index in [9.17, 15) is 4.39 Å². The van der Waals surface area contributed by atoms with E-state index in [-0.39, 0.29) is 11.9 Å². The standard InChI is InChI=1S/C17H28FNO/c1-3-4-5-6-7-8-9-12-20-17-11-10-15(18)13-16(17)14(2)19/h10-11,13-14H,3-9,12,19H2,1-2H3/t14-/m1/s1. The van der Waals surface area contributed by atoms with E-state index in [0.29, 0.717) is 12.4 Å². The molecule has 1 aromatic rings. The van der Waals surface area contributed by atoms with Crippen molar-refractivity contribution >= 4 is 0 Å². The third kappa shape index (κ3) is 6.38. The van der Waals surface area contributed by atoms with Crippen molar-refractivity contribution in [2.24, 2.45) is 5.73 Å². The maximum atomic E-state index is 13.2. The van der Waals surface area contributed by atoms with Crippen LogP contribution in [0.2, 0.25) is 0 Å². The van der Waals surface area contributed by atoms with Crippen molar-refractivity contribution < 1.29 is 9.13 Å². The highest BCUT2D eigenvalue weighted by molar-refractivity contribution is 5.36. The van der Waals surface area contributed by atoms with Crippen LogP contribution in [0.1, 0.15) is 70.4 Å². The highest BCUT2D eigenvalue weighted by Crippen LogP contribution is 2.25. The number of rotatable bonds is 10. The van der Waals surface area contributed by atoms with Crippen molar-refractivity contribution in [3.8, 4) is 5.75 Å². The lowest BCUT2D eigenvalue weighted by atomic mass is 10.1. The summed E-state index contributed by atoms with van der Waals surface area (Å²) in [6.45, 7) is 4.75. The van der Waals surface area contributed by atoms with Crippen molar-refractivity contribution in [3.05, 3.63) is 29.6 Å². The lowest BCUT2D eigenvalue weighted by Gasteiger charge is -2.14. The molecular formula is C17H28FNO. The van der Waals surface area contributed by atoms with E-state index in [4.69, 9.17) is 10.5 Å². The first-order valence-electron chi connectivity index (χ1n) is 7.83. The topological polar surface area (TPSA) is 35.2 Å². The largest absolute Gasteiger partial charge is 0.493 e. The Hall–Kier alpha value is -1.09. The molecule has 0 aliphatic carbocycles. The lowest BCUT2D eigenvalue weighted by molar-refractivity contribution is 0.299. The summed E-state index contributed by atoms with van der Waals surface area (Å²) in [5.41, 5.74) is 6.58. The van der Waals surface area contributed by atoms with Gasteiger partial charge in [-0.3, -0.25) is 0 Å². The number of unbranched alkanes of at least 4 members (excludes halogenated alkanes) is 6. The van der Waals surface area contributed by atoms with Crippen molar-refractivity contribution in [3.63, 3.8) is 0 Å². The van der Waals surface area contributed by atoms with Gasteiger partial charge in [0.05, 0.1) is 6.61 Å². The quantitative estimate of drug-likeness (QED) is 0.614. The van der Waals surface area contributed by atoms with Gasteiger partial charge in [-0.25, -0.2) is 4.39 Å². The Balaban J connectivity index is 2.25. The van der Waals surface area contributed by atoms with E-state index in [2.05, 4.69) is 6.92 Å². The lowest BCUT2D eigenvalue weighted by Crippen LogP contribution is -2.09. The number of hydrogen-bond acceptors (Lipinski definition) is 2. The van der Waals surface area contributed by atoms with Gasteiger partial charge in [0.1, 0.15) is 11.6 Å². The fourth-order valence-corrected chi connectivity index (χ4v) is 2.25. The second-order valence-corrected chi connectivity index (χ2v) is 5.44. The summed E-state index contributed by atoms with van der Waals surface area (Å²) in [6.07, 6.45) is 8.78. The minimum absolute atomic E-state index is 0.213. The van der Waals surface area contributed by atoms with Crippen LogP contribution in [-0.2, 0) is 0 Å². The molecule has 0 bridgehead atoms. The average molecular weight is 281 g/mol. The van der Waals surface area contributed by atoms with Crippen molar-refractivity contribution in [1.82, 2.24) is 0 Å². The van der Waals surface area contributed by atoms with Gasteiger partial charge in [-0.1, -0.05) is 45.4 Å². The third-order valence-corrected chi connectivity index (χ3v) is 3.47. The van der Waals surface area contributed by atoms with Crippen LogP contribution >= 0.6 is 0 Å². The monoisotopic (exact) mass is 281 g/mol. The summed E-state index contributed by atoms with van der Waals surface area (Å²) < 4.78 is 18.9. The Bertz CT molecular complexity index is 379. The maximum Gasteiger partial charge on any atom is 0.124 e. The smallest absolute Gasteiger partial charge is 0.124 e. The zero-order valence-electron chi connectivity index (χ0n) is 12.8. The molecule has 0 fully saturated rings. The fraction of sp³-hybridized carbons (Fsp3) is 0.647. The summed E-state index contributed by atoms with van der Waals surface area (Å²) in [7, 11) is 0. The van der Waals surface area contributed by atoms with Gasteiger partial charge in [0.25, 0.3) is 0 Å². The first-order valence-corrected chi connectivity index (χ1v) is 7.83. The molecule has 0 radical (unpaired) electrons. The molecule has 0 aliphatic rings. The number of nitrogens with two attached hydrogens (primary N) is 1. The van der Waals surface area contributed by atoms with Gasteiger partial charge >= 0.3 is 0 Å². The number of halogens is 1. The van der Waals surface area contributed by atoms with Crippen molar-refractivity contribution in [1.29, 1.82) is 0 Å². The Labute approximate surface area is 122 Å². The highest BCUT2D eigenvalue weighted by Gasteiger charge is 2.09. The molecule has 1 atom stereocenters. The number of benzene rings is 1. The van der Waals surface area contributed by atoms with Crippen molar-refractivity contribution in [2.75, 3.05) is 6.61 Å². The molecule has 0 saturated heterocycles. The van der Waals surface area contributed by atoms with Crippen LogP contribution in [0, 0.1) is 5.82 Å². The molecule has 20 heavy (non-hydrogen) atoms. The van der Waals surface area contributed by atoms with Gasteiger partial charge in [0.15, 0.2) is 0 Å². The summed E-state index contributed by atoms with van der Waals surface area (Å²) in [5.74, 6) is 0.452. The Morgan fingerprint density at radius 1 is 1.10 bits per heavy atom. The van der Waals surface area contributed by atoms with Crippen LogP contribution in [0.15, 0.2) is 18.2 Å². The predicted molar refractivity (Wildman–Crippen MR) is 82.5 cm³/mol. The van der Waals surface area contributed by atoms with E-state index in [1.54, 1.807) is 6.07 Å². The molecule has 0 aliphatic heterocycles. The molecule has 0 aromatic heterocycles. The molecule has 3 heteroatoms. The molecule has 1 aromatic carbocycles. The van der Waals surface area contributed by atoms with Gasteiger partial charge in [-0.15, -0.1) is 0 Å². The highest BCUT2D eigenvalue weighted by atomic mass is 19.1. The average Bonchev–Trinajstić information content (AvgIpc) is 2.43. The number of hydrogen-bond donors (Lipinski definition) is 1. The van der Waals surface area contributed by atoms with E-state index in [0.717, 1.165) is 12.0 Å². The van der Waals surface area contributed by atoms with Crippen LogP contribution in [-0.4, -0.2) is 6.61 Å². The van der Waals surface area contributed by atoms with Crippen LogP contribution in [0.4, 0.5) is 4.39 Å². The van der Waals surface area contributed by atoms with E-state index in [1.807, 2.05) is 6.92 Å². The second-order valence-electron chi connectivity index (χ2n) is 5.44. The fourth-order valence-electron chi connectivity index (χ4n) is 2.25. The van der Waals surface area contributed by atoms with Gasteiger partial charge in [-0.05, 0) is 31.5 Å².